The molecule has 4 aromatic rings. The molecule has 0 spiro atoms. The lowest BCUT2D eigenvalue weighted by Gasteiger charge is -2.39. The molecule has 3 heteroatoms. The van der Waals surface area contributed by atoms with Gasteiger partial charge in [-0.3, -0.25) is 0 Å². The molecule has 1 nitrogen and oxygen atoms in total. The van der Waals surface area contributed by atoms with Crippen LogP contribution in [0.2, 0.25) is 0 Å². The van der Waals surface area contributed by atoms with Gasteiger partial charge in [0.15, 0.2) is 5.60 Å². The van der Waals surface area contributed by atoms with Gasteiger partial charge < -0.3 is 4.74 Å². The average Bonchev–Trinajstić information content (AvgIpc) is 3.38. The molecule has 170 valence electrons. The van der Waals surface area contributed by atoms with E-state index in [1.807, 2.05) is 22.7 Å². The molecular formula is C30H32OS2. The van der Waals surface area contributed by atoms with Crippen LogP contribution in [0.5, 0.6) is 5.75 Å². The van der Waals surface area contributed by atoms with Crippen LogP contribution < -0.4 is 4.74 Å². The van der Waals surface area contributed by atoms with Crippen LogP contribution >= 0.6 is 22.7 Å². The van der Waals surface area contributed by atoms with Crippen molar-refractivity contribution < 1.29 is 4.74 Å². The molecule has 0 fully saturated rings. The summed E-state index contributed by atoms with van der Waals surface area (Å²) in [7, 11) is 0. The van der Waals surface area contributed by atoms with E-state index in [0.29, 0.717) is 0 Å². The van der Waals surface area contributed by atoms with E-state index in [1.165, 1.54) is 73.0 Å². The summed E-state index contributed by atoms with van der Waals surface area (Å²) >= 11 is 3.73. The van der Waals surface area contributed by atoms with Crippen LogP contribution in [0.3, 0.4) is 0 Å². The normalized spacial score (nSPS) is 16.8. The summed E-state index contributed by atoms with van der Waals surface area (Å²) in [6.07, 6.45) is 6.33. The minimum absolute atomic E-state index is 0.630. The second-order valence-corrected chi connectivity index (χ2v) is 11.8. The molecule has 0 radical (unpaired) electrons. The van der Waals surface area contributed by atoms with Crippen molar-refractivity contribution in [3.8, 4) is 15.5 Å². The summed E-state index contributed by atoms with van der Waals surface area (Å²) in [5.74, 6) is 1.01. The van der Waals surface area contributed by atoms with Gasteiger partial charge in [-0.05, 0) is 51.3 Å². The Morgan fingerprint density at radius 1 is 0.727 bits per heavy atom. The average molecular weight is 473 g/mol. The van der Waals surface area contributed by atoms with Crippen LogP contribution in [0.25, 0.3) is 9.75 Å². The summed E-state index contributed by atoms with van der Waals surface area (Å²) in [6.45, 7) is 8.80. The number of ether oxygens (including phenoxy) is 1. The van der Waals surface area contributed by atoms with E-state index < -0.39 is 5.60 Å². The third-order valence-corrected chi connectivity index (χ3v) is 8.91. The van der Waals surface area contributed by atoms with Crippen LogP contribution in [-0.4, -0.2) is 0 Å². The maximum Gasteiger partial charge on any atom is 0.186 e. The van der Waals surface area contributed by atoms with Crippen molar-refractivity contribution >= 4 is 22.7 Å². The molecule has 0 aliphatic carbocycles. The summed E-state index contributed by atoms with van der Waals surface area (Å²) in [5.41, 5.74) is 5.72. The lowest BCUT2D eigenvalue weighted by molar-refractivity contribution is 0.153. The highest BCUT2D eigenvalue weighted by Crippen LogP contribution is 2.56. The molecule has 5 rings (SSSR count). The first-order chi connectivity index (χ1) is 16.0. The SMILES string of the molecule is CCCCCCc1ccc(C2(c3ccc(C)cc3)Oc3cc(C)sc3-c3sc(C)cc32)cc1. The predicted molar refractivity (Wildman–Crippen MR) is 143 cm³/mol. The largest absolute Gasteiger partial charge is 0.471 e. The van der Waals surface area contributed by atoms with Gasteiger partial charge in [0.1, 0.15) is 5.75 Å². The fourth-order valence-corrected chi connectivity index (χ4v) is 7.08. The molecular weight excluding hydrogens is 440 g/mol. The quantitative estimate of drug-likeness (QED) is 0.244. The van der Waals surface area contributed by atoms with Gasteiger partial charge in [-0.25, -0.2) is 0 Å². The molecule has 0 saturated heterocycles. The Kier molecular flexibility index (Phi) is 6.20. The number of thiophene rings is 2. The van der Waals surface area contributed by atoms with Crippen LogP contribution in [0.1, 0.15) is 70.2 Å². The number of unbranched alkanes of at least 4 members (excludes halogenated alkanes) is 3. The van der Waals surface area contributed by atoms with E-state index in [4.69, 9.17) is 4.74 Å². The molecule has 1 unspecified atom stereocenters. The first-order valence-corrected chi connectivity index (χ1v) is 13.7. The maximum atomic E-state index is 7.06. The summed E-state index contributed by atoms with van der Waals surface area (Å²) in [5, 5.41) is 0. The van der Waals surface area contributed by atoms with Gasteiger partial charge in [0.05, 0.1) is 9.75 Å². The summed E-state index contributed by atoms with van der Waals surface area (Å²) in [6, 6.07) is 22.7. The smallest absolute Gasteiger partial charge is 0.186 e. The van der Waals surface area contributed by atoms with Crippen molar-refractivity contribution in [3.05, 3.63) is 98.2 Å². The maximum absolute atomic E-state index is 7.06. The van der Waals surface area contributed by atoms with Crippen LogP contribution in [0.4, 0.5) is 0 Å². The van der Waals surface area contributed by atoms with Gasteiger partial charge in [0.25, 0.3) is 0 Å². The summed E-state index contributed by atoms with van der Waals surface area (Å²) in [4.78, 5) is 5.25. The van der Waals surface area contributed by atoms with Crippen molar-refractivity contribution in [1.82, 2.24) is 0 Å². The highest BCUT2D eigenvalue weighted by atomic mass is 32.1. The zero-order valence-electron chi connectivity index (χ0n) is 20.0. The molecule has 1 aliphatic rings. The van der Waals surface area contributed by atoms with E-state index in [2.05, 4.69) is 88.4 Å². The third kappa shape index (κ3) is 4.06. The number of benzene rings is 2. The number of hydrogen-bond donors (Lipinski definition) is 0. The Hall–Kier alpha value is -2.36. The van der Waals surface area contributed by atoms with Gasteiger partial charge in [0.2, 0.25) is 0 Å². The number of rotatable bonds is 7. The van der Waals surface area contributed by atoms with Crippen molar-refractivity contribution in [1.29, 1.82) is 0 Å². The van der Waals surface area contributed by atoms with E-state index in [1.54, 1.807) is 0 Å². The predicted octanol–water partition coefficient (Wildman–Crippen LogP) is 9.21. The van der Waals surface area contributed by atoms with Crippen molar-refractivity contribution in [2.24, 2.45) is 0 Å². The monoisotopic (exact) mass is 472 g/mol. The number of hydrogen-bond acceptors (Lipinski definition) is 3. The minimum Gasteiger partial charge on any atom is -0.471 e. The van der Waals surface area contributed by atoms with Crippen LogP contribution in [-0.2, 0) is 12.0 Å². The molecule has 0 N–H and O–H groups in total. The molecule has 3 heterocycles. The highest BCUT2D eigenvalue weighted by Gasteiger charge is 2.46. The lowest BCUT2D eigenvalue weighted by atomic mass is 9.78. The highest BCUT2D eigenvalue weighted by molar-refractivity contribution is 7.22. The second-order valence-electron chi connectivity index (χ2n) is 9.31. The second kappa shape index (κ2) is 9.12. The van der Waals surface area contributed by atoms with Gasteiger partial charge in [-0.1, -0.05) is 80.3 Å². The first-order valence-electron chi connectivity index (χ1n) is 12.1. The van der Waals surface area contributed by atoms with E-state index in [-0.39, 0.29) is 0 Å². The van der Waals surface area contributed by atoms with E-state index in [0.717, 1.165) is 12.2 Å². The van der Waals surface area contributed by atoms with Crippen LogP contribution in [0, 0.1) is 20.8 Å². The molecule has 0 bridgehead atoms. The fourth-order valence-electron chi connectivity index (χ4n) is 4.94. The molecule has 0 amide bonds. The van der Waals surface area contributed by atoms with Gasteiger partial charge in [0, 0.05) is 26.4 Å². The Balaban J connectivity index is 1.64. The molecule has 2 aromatic heterocycles. The first kappa shape index (κ1) is 22.4. The zero-order chi connectivity index (χ0) is 23.0. The van der Waals surface area contributed by atoms with Crippen molar-refractivity contribution in [3.63, 3.8) is 0 Å². The van der Waals surface area contributed by atoms with E-state index in [9.17, 15) is 0 Å². The molecule has 2 aromatic carbocycles. The van der Waals surface area contributed by atoms with Crippen LogP contribution in [0.15, 0.2) is 60.7 Å². The molecule has 1 atom stereocenters. The molecule has 1 aliphatic heterocycles. The van der Waals surface area contributed by atoms with Crippen molar-refractivity contribution in [2.75, 3.05) is 0 Å². The Morgan fingerprint density at radius 3 is 2.06 bits per heavy atom. The fraction of sp³-hybridized carbons (Fsp3) is 0.333. The topological polar surface area (TPSA) is 9.23 Å². The number of aryl methyl sites for hydroxylation is 4. The summed E-state index contributed by atoms with van der Waals surface area (Å²) < 4.78 is 7.06. The Morgan fingerprint density at radius 2 is 1.36 bits per heavy atom. The minimum atomic E-state index is -0.630. The van der Waals surface area contributed by atoms with Gasteiger partial charge >= 0.3 is 0 Å². The standard InChI is InChI=1S/C30H32OS2/c1-5-6-7-8-9-23-12-16-25(17-13-23)30(24-14-10-20(2)11-15-24)26-18-21(3)32-28(26)29-27(31-30)19-22(4)33-29/h10-19H,5-9H2,1-4H3. The Bertz CT molecular complexity index is 1240. The van der Waals surface area contributed by atoms with Crippen molar-refractivity contribution in [2.45, 2.75) is 65.4 Å². The third-order valence-electron chi connectivity index (χ3n) is 6.66. The molecule has 33 heavy (non-hydrogen) atoms. The zero-order valence-corrected chi connectivity index (χ0v) is 21.7. The van der Waals surface area contributed by atoms with Gasteiger partial charge in [-0.2, -0.15) is 0 Å². The molecule has 0 saturated carbocycles. The van der Waals surface area contributed by atoms with E-state index >= 15 is 0 Å². The Labute approximate surface area is 206 Å². The lowest BCUT2D eigenvalue weighted by Crippen LogP contribution is -2.37. The number of fused-ring (bicyclic) bond motifs is 3. The van der Waals surface area contributed by atoms with Gasteiger partial charge in [-0.15, -0.1) is 22.7 Å².